The predicted octanol–water partition coefficient (Wildman–Crippen LogP) is 4.16. The summed E-state index contributed by atoms with van der Waals surface area (Å²) in [7, 11) is 0. The minimum atomic E-state index is -1.34. The Morgan fingerprint density at radius 1 is 1.07 bits per heavy atom. The highest BCUT2D eigenvalue weighted by Gasteiger charge is 2.69. The fraction of sp³-hybridized carbons (Fsp3) is 0.472. The number of hydrogen-bond donors (Lipinski definition) is 4. The van der Waals surface area contributed by atoms with Gasteiger partial charge in [0.25, 0.3) is 0 Å². The maximum absolute atomic E-state index is 14.4. The maximum Gasteiger partial charge on any atom is 0.227 e. The molecule has 7 heteroatoms. The van der Waals surface area contributed by atoms with Crippen LogP contribution >= 0.6 is 0 Å². The molecule has 4 N–H and O–H groups in total. The van der Waals surface area contributed by atoms with E-state index in [0.29, 0.717) is 19.3 Å². The molecule has 0 aliphatic heterocycles. The summed E-state index contributed by atoms with van der Waals surface area (Å²) in [5, 5.41) is 27.8. The Morgan fingerprint density at radius 3 is 2.70 bits per heavy atom. The van der Waals surface area contributed by atoms with E-state index in [4.69, 9.17) is 0 Å². The van der Waals surface area contributed by atoms with E-state index < -0.39 is 35.0 Å². The number of ketones is 2. The minimum absolute atomic E-state index is 0.0886. The van der Waals surface area contributed by atoms with Crippen LogP contribution in [0, 0.1) is 35.5 Å². The number of nitrogens with one attached hydrogen (secondary N) is 2. The largest absolute Gasteiger partial charge is 0.392 e. The Bertz CT molecular complexity index is 1690. The molecule has 0 radical (unpaired) electrons. The van der Waals surface area contributed by atoms with Crippen LogP contribution in [-0.4, -0.2) is 49.9 Å². The van der Waals surface area contributed by atoms with Gasteiger partial charge in [-0.3, -0.25) is 14.4 Å². The lowest BCUT2D eigenvalue weighted by molar-refractivity contribution is -0.160. The number of amides is 1. The monoisotopic (exact) mass is 578 g/mol. The van der Waals surface area contributed by atoms with Crippen molar-refractivity contribution in [3.05, 3.63) is 77.5 Å². The van der Waals surface area contributed by atoms with Crippen molar-refractivity contribution in [2.75, 3.05) is 0 Å². The molecule has 5 aliphatic rings. The Hall–Kier alpha value is -3.55. The number of hydrogen-bond acceptors (Lipinski definition) is 5. The molecule has 0 saturated heterocycles. The molecular weight excluding hydrogens is 540 g/mol. The van der Waals surface area contributed by atoms with Crippen LogP contribution in [0.25, 0.3) is 16.5 Å². The highest BCUT2D eigenvalue weighted by Crippen LogP contribution is 2.58. The Kier molecular flexibility index (Phi) is 5.95. The van der Waals surface area contributed by atoms with Gasteiger partial charge in [-0.15, -0.1) is 0 Å². The van der Waals surface area contributed by atoms with E-state index in [2.05, 4.69) is 16.4 Å². The van der Waals surface area contributed by atoms with Crippen molar-refractivity contribution in [1.29, 1.82) is 0 Å². The lowest BCUT2D eigenvalue weighted by Gasteiger charge is -2.46. The van der Waals surface area contributed by atoms with Crippen molar-refractivity contribution in [2.24, 2.45) is 35.5 Å². The molecule has 3 fully saturated rings. The van der Waals surface area contributed by atoms with Crippen LogP contribution in [0.15, 0.2) is 60.8 Å². The van der Waals surface area contributed by atoms with Crippen LogP contribution in [0.3, 0.4) is 0 Å². The number of aliphatic hydroxyl groups excluding tert-OH is 1. The quantitative estimate of drug-likeness (QED) is 0.371. The van der Waals surface area contributed by atoms with E-state index in [1.807, 2.05) is 54.7 Å². The first-order valence-electron chi connectivity index (χ1n) is 15.8. The number of aliphatic hydroxyl groups is 2. The molecule has 7 nitrogen and oxygen atoms in total. The SMILES string of the molecule is C[C@@]1(NC(=O)[C@@H]2C=C3c4cccc5[nH]cc(c45)C[C@H]3C(O)C2)C[C@]2(O)C(C1=O)C(Cc1ccccc1)C(=O)C1CCC[C@H]12. The van der Waals surface area contributed by atoms with Gasteiger partial charge in [-0.25, -0.2) is 0 Å². The molecular formula is C36H38N2O5. The van der Waals surface area contributed by atoms with Crippen LogP contribution in [0.2, 0.25) is 0 Å². The molecule has 3 saturated carbocycles. The van der Waals surface area contributed by atoms with Crippen molar-refractivity contribution in [3.63, 3.8) is 0 Å². The van der Waals surface area contributed by atoms with Crippen molar-refractivity contribution in [1.82, 2.24) is 10.3 Å². The highest BCUT2D eigenvalue weighted by molar-refractivity contribution is 6.03. The third kappa shape index (κ3) is 3.90. The Labute approximate surface area is 250 Å². The standard InChI is InChI=1S/C36H38N2O5/c1-35(38-34(42)20-14-24-22-9-6-12-28-30(22)21(17-37-28)15-25(24)29(39)16-20)18-36(43)27-11-5-10-23(27)32(40)26(31(36)33(35)41)13-19-7-3-2-4-8-19/h2-4,6-9,12,14,17,20,23,25-27,29,31,37,39,43H,5,10-11,13,15-16,18H2,1H3,(H,38,42)/t20-,23?,25-,26?,27-,29?,31?,35-,36-/m1/s1. The van der Waals surface area contributed by atoms with Gasteiger partial charge in [0, 0.05) is 41.3 Å². The molecule has 4 unspecified atom stereocenters. The molecule has 43 heavy (non-hydrogen) atoms. The number of fused-ring (bicyclic) bond motifs is 5. The summed E-state index contributed by atoms with van der Waals surface area (Å²) in [4.78, 5) is 45.5. The Morgan fingerprint density at radius 2 is 1.88 bits per heavy atom. The maximum atomic E-state index is 14.4. The second kappa shape index (κ2) is 9.47. The van der Waals surface area contributed by atoms with E-state index in [1.165, 1.54) is 5.56 Å². The summed E-state index contributed by atoms with van der Waals surface area (Å²) in [5.41, 5.74) is 2.57. The molecule has 3 aromatic rings. The van der Waals surface area contributed by atoms with Gasteiger partial charge in [0.1, 0.15) is 5.78 Å². The fourth-order valence-corrected chi connectivity index (χ4v) is 9.77. The number of H-pyrrole nitrogens is 1. The second-order valence-electron chi connectivity index (χ2n) is 14.1. The number of aromatic amines is 1. The molecule has 8 rings (SSSR count). The van der Waals surface area contributed by atoms with E-state index in [9.17, 15) is 24.6 Å². The van der Waals surface area contributed by atoms with Gasteiger partial charge >= 0.3 is 0 Å². The average molecular weight is 579 g/mol. The van der Waals surface area contributed by atoms with E-state index in [-0.39, 0.29) is 48.1 Å². The highest BCUT2D eigenvalue weighted by atomic mass is 16.3. The third-order valence-electron chi connectivity index (χ3n) is 11.6. The van der Waals surface area contributed by atoms with E-state index >= 15 is 0 Å². The van der Waals surface area contributed by atoms with Gasteiger partial charge in [-0.1, -0.05) is 55.0 Å². The zero-order valence-electron chi connectivity index (χ0n) is 24.4. The molecule has 0 bridgehead atoms. The number of aromatic nitrogens is 1. The summed E-state index contributed by atoms with van der Waals surface area (Å²) in [6.07, 6.45) is 7.11. The summed E-state index contributed by atoms with van der Waals surface area (Å²) >= 11 is 0. The predicted molar refractivity (Wildman–Crippen MR) is 162 cm³/mol. The van der Waals surface area contributed by atoms with Crippen molar-refractivity contribution in [3.8, 4) is 0 Å². The number of benzene rings is 2. The van der Waals surface area contributed by atoms with Crippen LogP contribution < -0.4 is 5.32 Å². The van der Waals surface area contributed by atoms with Crippen molar-refractivity contribution < 1.29 is 24.6 Å². The summed E-state index contributed by atoms with van der Waals surface area (Å²) in [5.74, 6) is -3.15. The molecule has 9 atom stereocenters. The van der Waals surface area contributed by atoms with Crippen LogP contribution in [0.1, 0.15) is 55.7 Å². The molecule has 5 aliphatic carbocycles. The van der Waals surface area contributed by atoms with Gasteiger partial charge in [0.2, 0.25) is 5.91 Å². The molecule has 1 aromatic heterocycles. The fourth-order valence-electron chi connectivity index (χ4n) is 9.77. The zero-order chi connectivity index (χ0) is 29.7. The third-order valence-corrected chi connectivity index (χ3v) is 11.6. The second-order valence-corrected chi connectivity index (χ2v) is 14.1. The van der Waals surface area contributed by atoms with Gasteiger partial charge in [0.15, 0.2) is 5.78 Å². The van der Waals surface area contributed by atoms with Gasteiger partial charge in [-0.05, 0) is 73.3 Å². The van der Waals surface area contributed by atoms with Gasteiger partial charge in [-0.2, -0.15) is 0 Å². The Balaban J connectivity index is 1.11. The molecule has 222 valence electrons. The number of carbonyl (C=O) groups is 3. The van der Waals surface area contributed by atoms with Gasteiger partial charge < -0.3 is 20.5 Å². The minimum Gasteiger partial charge on any atom is -0.392 e. The first-order chi connectivity index (χ1) is 20.7. The molecule has 0 spiro atoms. The van der Waals surface area contributed by atoms with Crippen LogP contribution in [0.5, 0.6) is 0 Å². The van der Waals surface area contributed by atoms with Crippen LogP contribution in [-0.2, 0) is 27.2 Å². The molecule has 2 aromatic carbocycles. The average Bonchev–Trinajstić information content (AvgIpc) is 3.70. The van der Waals surface area contributed by atoms with Crippen molar-refractivity contribution in [2.45, 2.75) is 69.1 Å². The van der Waals surface area contributed by atoms with Crippen molar-refractivity contribution >= 4 is 33.9 Å². The number of carbonyl (C=O) groups excluding carboxylic acids is 3. The lowest BCUT2D eigenvalue weighted by atomic mass is 9.59. The number of Topliss-reactive ketones (excluding diaryl/α,β-unsaturated/α-hetero) is 2. The zero-order valence-corrected chi connectivity index (χ0v) is 24.4. The normalized spacial score (nSPS) is 37.9. The topological polar surface area (TPSA) is 119 Å². The van der Waals surface area contributed by atoms with E-state index in [0.717, 1.165) is 40.4 Å². The van der Waals surface area contributed by atoms with E-state index in [1.54, 1.807) is 6.92 Å². The summed E-state index contributed by atoms with van der Waals surface area (Å²) < 4.78 is 0. The summed E-state index contributed by atoms with van der Waals surface area (Å²) in [6, 6.07) is 15.8. The number of rotatable bonds is 4. The summed E-state index contributed by atoms with van der Waals surface area (Å²) in [6.45, 7) is 1.72. The lowest BCUT2D eigenvalue weighted by Crippen LogP contribution is -2.57. The smallest absolute Gasteiger partial charge is 0.227 e. The molecule has 1 amide bonds. The van der Waals surface area contributed by atoms with Gasteiger partial charge in [0.05, 0.1) is 29.1 Å². The van der Waals surface area contributed by atoms with Crippen LogP contribution in [0.4, 0.5) is 0 Å². The molecule has 1 heterocycles. The first-order valence-corrected chi connectivity index (χ1v) is 15.8. The first kappa shape index (κ1) is 27.0.